The fourth-order valence-electron chi connectivity index (χ4n) is 3.92. The number of H-pyrrole nitrogens is 1. The van der Waals surface area contributed by atoms with Crippen LogP contribution in [-0.2, 0) is 4.79 Å². The monoisotopic (exact) mass is 320 g/mol. The van der Waals surface area contributed by atoms with Crippen LogP contribution in [0.5, 0.6) is 0 Å². The SMILES string of the molecule is CCN1CCN(C(=O)CC2(O)CCCCC2)CC1c1ncc[nH]1. The number of carbonyl (C=O) groups excluding carboxylic acids is 1. The molecule has 1 atom stereocenters. The van der Waals surface area contributed by atoms with Crippen LogP contribution in [-0.4, -0.2) is 62.6 Å². The first-order valence-corrected chi connectivity index (χ1v) is 8.85. The number of imidazole rings is 1. The Morgan fingerprint density at radius 3 is 2.83 bits per heavy atom. The number of carbonyl (C=O) groups is 1. The van der Waals surface area contributed by atoms with Gasteiger partial charge in [0.2, 0.25) is 5.91 Å². The number of aromatic nitrogens is 2. The normalized spacial score (nSPS) is 25.5. The van der Waals surface area contributed by atoms with Crippen molar-refractivity contribution in [1.82, 2.24) is 19.8 Å². The van der Waals surface area contributed by atoms with Crippen LogP contribution in [0.1, 0.15) is 57.3 Å². The van der Waals surface area contributed by atoms with E-state index < -0.39 is 5.60 Å². The maximum absolute atomic E-state index is 12.7. The second kappa shape index (κ2) is 7.01. The van der Waals surface area contributed by atoms with E-state index in [2.05, 4.69) is 21.8 Å². The fourth-order valence-corrected chi connectivity index (χ4v) is 3.92. The predicted molar refractivity (Wildman–Crippen MR) is 87.8 cm³/mol. The zero-order chi connectivity index (χ0) is 16.3. The molecule has 2 N–H and O–H groups in total. The van der Waals surface area contributed by atoms with Crippen molar-refractivity contribution in [3.05, 3.63) is 18.2 Å². The summed E-state index contributed by atoms with van der Waals surface area (Å²) in [6.45, 7) is 5.32. The Morgan fingerprint density at radius 1 is 1.39 bits per heavy atom. The van der Waals surface area contributed by atoms with Crippen molar-refractivity contribution in [3.8, 4) is 0 Å². The molecule has 23 heavy (non-hydrogen) atoms. The van der Waals surface area contributed by atoms with Gasteiger partial charge in [0, 0.05) is 32.0 Å². The zero-order valence-electron chi connectivity index (χ0n) is 14.0. The minimum absolute atomic E-state index is 0.0849. The van der Waals surface area contributed by atoms with Gasteiger partial charge in [0.05, 0.1) is 18.1 Å². The van der Waals surface area contributed by atoms with Gasteiger partial charge in [-0.3, -0.25) is 9.69 Å². The third kappa shape index (κ3) is 3.75. The van der Waals surface area contributed by atoms with Crippen molar-refractivity contribution in [2.24, 2.45) is 0 Å². The Bertz CT molecular complexity index is 511. The molecule has 0 spiro atoms. The van der Waals surface area contributed by atoms with Gasteiger partial charge in [0.25, 0.3) is 0 Å². The maximum Gasteiger partial charge on any atom is 0.225 e. The molecular formula is C17H28N4O2. The van der Waals surface area contributed by atoms with Crippen LogP contribution >= 0.6 is 0 Å². The number of aliphatic hydroxyl groups is 1. The lowest BCUT2D eigenvalue weighted by Gasteiger charge is -2.41. The van der Waals surface area contributed by atoms with E-state index in [0.717, 1.165) is 51.1 Å². The van der Waals surface area contributed by atoms with Crippen LogP contribution in [0.2, 0.25) is 0 Å². The fraction of sp³-hybridized carbons (Fsp3) is 0.765. The van der Waals surface area contributed by atoms with E-state index in [1.54, 1.807) is 6.20 Å². The molecule has 2 heterocycles. The first-order chi connectivity index (χ1) is 11.1. The maximum atomic E-state index is 12.7. The molecule has 1 aromatic rings. The molecule has 0 radical (unpaired) electrons. The minimum Gasteiger partial charge on any atom is -0.389 e. The van der Waals surface area contributed by atoms with Crippen LogP contribution in [0.15, 0.2) is 12.4 Å². The van der Waals surface area contributed by atoms with Gasteiger partial charge in [-0.05, 0) is 19.4 Å². The Hall–Kier alpha value is -1.40. The van der Waals surface area contributed by atoms with Gasteiger partial charge in [-0.2, -0.15) is 0 Å². The van der Waals surface area contributed by atoms with E-state index >= 15 is 0 Å². The quantitative estimate of drug-likeness (QED) is 0.886. The molecule has 0 bridgehead atoms. The highest BCUT2D eigenvalue weighted by atomic mass is 16.3. The van der Waals surface area contributed by atoms with Gasteiger partial charge in [-0.15, -0.1) is 0 Å². The summed E-state index contributed by atoms with van der Waals surface area (Å²) in [6.07, 6.45) is 8.61. The van der Waals surface area contributed by atoms with Gasteiger partial charge in [0.1, 0.15) is 5.82 Å². The minimum atomic E-state index is -0.780. The van der Waals surface area contributed by atoms with Crippen molar-refractivity contribution in [2.45, 2.75) is 57.1 Å². The first kappa shape index (κ1) is 16.5. The molecule has 1 aliphatic heterocycles. The summed E-state index contributed by atoms with van der Waals surface area (Å²) in [5, 5.41) is 10.6. The predicted octanol–water partition coefficient (Wildman–Crippen LogP) is 1.70. The van der Waals surface area contributed by atoms with Crippen molar-refractivity contribution in [1.29, 1.82) is 0 Å². The van der Waals surface area contributed by atoms with Gasteiger partial charge >= 0.3 is 0 Å². The summed E-state index contributed by atoms with van der Waals surface area (Å²) in [6, 6.07) is 0.119. The lowest BCUT2D eigenvalue weighted by atomic mass is 9.82. The number of likely N-dealkylation sites (N-methyl/N-ethyl adjacent to an activating group) is 1. The number of piperazine rings is 1. The zero-order valence-corrected chi connectivity index (χ0v) is 14.0. The molecule has 2 fully saturated rings. The summed E-state index contributed by atoms with van der Waals surface area (Å²) < 4.78 is 0. The van der Waals surface area contributed by atoms with E-state index in [9.17, 15) is 9.90 Å². The molecule has 1 amide bonds. The van der Waals surface area contributed by atoms with Crippen molar-refractivity contribution < 1.29 is 9.90 Å². The van der Waals surface area contributed by atoms with E-state index in [1.165, 1.54) is 6.42 Å². The number of hydrogen-bond donors (Lipinski definition) is 2. The third-order valence-corrected chi connectivity index (χ3v) is 5.35. The van der Waals surface area contributed by atoms with Gasteiger partial charge in [0.15, 0.2) is 0 Å². The molecule has 3 rings (SSSR count). The Kier molecular flexibility index (Phi) is 5.02. The van der Waals surface area contributed by atoms with Gasteiger partial charge < -0.3 is 15.0 Å². The van der Waals surface area contributed by atoms with Crippen LogP contribution < -0.4 is 0 Å². The van der Waals surface area contributed by atoms with E-state index in [4.69, 9.17) is 0 Å². The van der Waals surface area contributed by atoms with Gasteiger partial charge in [-0.25, -0.2) is 4.98 Å². The van der Waals surface area contributed by atoms with E-state index in [0.29, 0.717) is 6.54 Å². The number of amides is 1. The smallest absolute Gasteiger partial charge is 0.225 e. The second-order valence-corrected chi connectivity index (χ2v) is 6.92. The Morgan fingerprint density at radius 2 is 2.17 bits per heavy atom. The summed E-state index contributed by atoms with van der Waals surface area (Å²) in [5.41, 5.74) is -0.780. The van der Waals surface area contributed by atoms with Crippen molar-refractivity contribution >= 4 is 5.91 Å². The number of hydrogen-bond acceptors (Lipinski definition) is 4. The molecule has 128 valence electrons. The first-order valence-electron chi connectivity index (χ1n) is 8.85. The van der Waals surface area contributed by atoms with Crippen LogP contribution in [0.3, 0.4) is 0 Å². The highest BCUT2D eigenvalue weighted by molar-refractivity contribution is 5.77. The Balaban J connectivity index is 1.65. The third-order valence-electron chi connectivity index (χ3n) is 5.35. The molecule has 1 saturated heterocycles. The molecule has 1 aliphatic carbocycles. The molecule has 6 heteroatoms. The average molecular weight is 320 g/mol. The number of nitrogens with zero attached hydrogens (tertiary/aromatic N) is 3. The number of aromatic amines is 1. The summed E-state index contributed by atoms with van der Waals surface area (Å²) in [5.74, 6) is 1.00. The van der Waals surface area contributed by atoms with E-state index in [-0.39, 0.29) is 18.4 Å². The largest absolute Gasteiger partial charge is 0.389 e. The lowest BCUT2D eigenvalue weighted by Crippen LogP contribution is -2.52. The Labute approximate surface area is 137 Å². The lowest BCUT2D eigenvalue weighted by molar-refractivity contribution is -0.141. The molecule has 1 aromatic heterocycles. The van der Waals surface area contributed by atoms with Crippen molar-refractivity contribution in [2.75, 3.05) is 26.2 Å². The number of nitrogens with one attached hydrogen (secondary N) is 1. The summed E-state index contributed by atoms with van der Waals surface area (Å²) >= 11 is 0. The highest BCUT2D eigenvalue weighted by Gasteiger charge is 2.36. The average Bonchev–Trinajstić information content (AvgIpc) is 3.08. The molecule has 1 saturated carbocycles. The van der Waals surface area contributed by atoms with Crippen molar-refractivity contribution in [3.63, 3.8) is 0 Å². The van der Waals surface area contributed by atoms with Crippen LogP contribution in [0.25, 0.3) is 0 Å². The number of rotatable bonds is 4. The van der Waals surface area contributed by atoms with Crippen LogP contribution in [0.4, 0.5) is 0 Å². The van der Waals surface area contributed by atoms with E-state index in [1.807, 2.05) is 11.1 Å². The van der Waals surface area contributed by atoms with Crippen LogP contribution in [0, 0.1) is 0 Å². The topological polar surface area (TPSA) is 72.5 Å². The standard InChI is InChI=1S/C17H28N4O2/c1-2-20-10-11-21(13-14(20)16-18-8-9-19-16)15(22)12-17(23)6-4-3-5-7-17/h8-9,14,23H,2-7,10-13H2,1H3,(H,18,19). The second-order valence-electron chi connectivity index (χ2n) is 6.92. The molecule has 6 nitrogen and oxygen atoms in total. The van der Waals surface area contributed by atoms with Gasteiger partial charge in [-0.1, -0.05) is 26.2 Å². The molecule has 0 aromatic carbocycles. The molecule has 2 aliphatic rings. The summed E-state index contributed by atoms with van der Waals surface area (Å²) in [4.78, 5) is 24.5. The highest BCUT2D eigenvalue weighted by Crippen LogP contribution is 2.32. The summed E-state index contributed by atoms with van der Waals surface area (Å²) in [7, 11) is 0. The molecular weight excluding hydrogens is 292 g/mol. The molecule has 1 unspecified atom stereocenters.